The van der Waals surface area contributed by atoms with Crippen LogP contribution in [0.15, 0.2) is 18.5 Å². The molecule has 25 heavy (non-hydrogen) atoms. The van der Waals surface area contributed by atoms with Crippen molar-refractivity contribution < 1.29 is 9.59 Å². The summed E-state index contributed by atoms with van der Waals surface area (Å²) in [5.41, 5.74) is 1.93. The normalized spacial score (nSPS) is 17.8. The predicted molar refractivity (Wildman–Crippen MR) is 93.0 cm³/mol. The van der Waals surface area contributed by atoms with Gasteiger partial charge in [0.05, 0.1) is 11.9 Å². The van der Waals surface area contributed by atoms with E-state index >= 15 is 0 Å². The van der Waals surface area contributed by atoms with Crippen molar-refractivity contribution in [3.63, 3.8) is 0 Å². The molecule has 0 saturated carbocycles. The van der Waals surface area contributed by atoms with Gasteiger partial charge in [-0.2, -0.15) is 10.2 Å². The van der Waals surface area contributed by atoms with Crippen molar-refractivity contribution >= 4 is 17.6 Å². The van der Waals surface area contributed by atoms with Crippen LogP contribution in [0.1, 0.15) is 30.5 Å². The highest BCUT2D eigenvalue weighted by Gasteiger charge is 2.32. The lowest BCUT2D eigenvalue weighted by Crippen LogP contribution is -2.53. The standard InChI is InChI=1S/C17H24N6O2/c1-12-10-18-22(11-12)8-6-15(24)19-14-5-4-7-23(17(14)25)16-9-13(2)20-21(16)3/h9-11,14H,4-8H2,1-3H3,(H,19,24). The molecule has 2 aromatic rings. The number of carbonyl (C=O) groups excluding carboxylic acids is 2. The van der Waals surface area contributed by atoms with Crippen LogP contribution in [0.25, 0.3) is 0 Å². The van der Waals surface area contributed by atoms with Gasteiger partial charge in [0.2, 0.25) is 5.91 Å². The van der Waals surface area contributed by atoms with E-state index in [2.05, 4.69) is 15.5 Å². The van der Waals surface area contributed by atoms with E-state index in [0.717, 1.165) is 23.5 Å². The third-order valence-electron chi connectivity index (χ3n) is 4.36. The van der Waals surface area contributed by atoms with Gasteiger partial charge in [-0.05, 0) is 32.3 Å². The number of nitrogens with zero attached hydrogens (tertiary/aromatic N) is 5. The number of hydrogen-bond acceptors (Lipinski definition) is 4. The van der Waals surface area contributed by atoms with Crippen molar-refractivity contribution in [1.82, 2.24) is 24.9 Å². The van der Waals surface area contributed by atoms with E-state index in [1.54, 1.807) is 20.5 Å². The predicted octanol–water partition coefficient (Wildman–Crippen LogP) is 0.935. The zero-order chi connectivity index (χ0) is 18.0. The molecular weight excluding hydrogens is 320 g/mol. The van der Waals surface area contributed by atoms with Crippen molar-refractivity contribution in [3.05, 3.63) is 29.7 Å². The molecule has 1 saturated heterocycles. The van der Waals surface area contributed by atoms with Crippen LogP contribution in [0.2, 0.25) is 0 Å². The van der Waals surface area contributed by atoms with Crippen LogP contribution < -0.4 is 10.2 Å². The van der Waals surface area contributed by atoms with Crippen LogP contribution in [-0.4, -0.2) is 44.0 Å². The second kappa shape index (κ2) is 7.08. The monoisotopic (exact) mass is 344 g/mol. The molecule has 1 unspecified atom stereocenters. The summed E-state index contributed by atoms with van der Waals surface area (Å²) < 4.78 is 3.44. The molecule has 3 heterocycles. The maximum atomic E-state index is 12.8. The Hall–Kier alpha value is -2.64. The fraction of sp³-hybridized carbons (Fsp3) is 0.529. The summed E-state index contributed by atoms with van der Waals surface area (Å²) in [6.07, 6.45) is 5.47. The van der Waals surface area contributed by atoms with Crippen LogP contribution in [0.3, 0.4) is 0 Å². The van der Waals surface area contributed by atoms with Crippen LogP contribution in [0.5, 0.6) is 0 Å². The topological polar surface area (TPSA) is 85.1 Å². The van der Waals surface area contributed by atoms with Crippen LogP contribution in [-0.2, 0) is 23.2 Å². The number of carbonyl (C=O) groups is 2. The SMILES string of the molecule is Cc1cnn(CCC(=O)NC2CCCN(c3cc(C)nn3C)C2=O)c1. The van der Waals surface area contributed by atoms with Crippen molar-refractivity contribution in [2.24, 2.45) is 7.05 Å². The third kappa shape index (κ3) is 3.89. The quantitative estimate of drug-likeness (QED) is 0.875. The first-order valence-corrected chi connectivity index (χ1v) is 8.54. The molecule has 1 fully saturated rings. The summed E-state index contributed by atoms with van der Waals surface area (Å²) in [5.74, 6) is 0.570. The van der Waals surface area contributed by atoms with Crippen molar-refractivity contribution in [2.75, 3.05) is 11.4 Å². The Kier molecular flexibility index (Phi) is 4.87. The Morgan fingerprint density at radius 2 is 2.20 bits per heavy atom. The summed E-state index contributed by atoms with van der Waals surface area (Å²) in [4.78, 5) is 26.7. The van der Waals surface area contributed by atoms with Gasteiger partial charge in [0.15, 0.2) is 0 Å². The Balaban J connectivity index is 1.59. The summed E-state index contributed by atoms with van der Waals surface area (Å²) >= 11 is 0. The zero-order valence-corrected chi connectivity index (χ0v) is 14.9. The molecule has 134 valence electrons. The number of rotatable bonds is 5. The van der Waals surface area contributed by atoms with Gasteiger partial charge in [-0.15, -0.1) is 0 Å². The number of piperidine rings is 1. The first-order valence-electron chi connectivity index (χ1n) is 8.54. The molecule has 1 N–H and O–H groups in total. The van der Waals surface area contributed by atoms with Gasteiger partial charge < -0.3 is 5.32 Å². The molecule has 3 rings (SSSR count). The van der Waals surface area contributed by atoms with Crippen LogP contribution in [0.4, 0.5) is 5.82 Å². The number of aromatic nitrogens is 4. The smallest absolute Gasteiger partial charge is 0.250 e. The van der Waals surface area contributed by atoms with Crippen LogP contribution in [0, 0.1) is 13.8 Å². The maximum Gasteiger partial charge on any atom is 0.250 e. The van der Waals surface area contributed by atoms with E-state index in [0.29, 0.717) is 25.9 Å². The van der Waals surface area contributed by atoms with E-state index in [9.17, 15) is 9.59 Å². The Morgan fingerprint density at radius 3 is 2.84 bits per heavy atom. The van der Waals surface area contributed by atoms with Crippen molar-refractivity contribution in [2.45, 2.75) is 45.7 Å². The number of anilines is 1. The highest BCUT2D eigenvalue weighted by atomic mass is 16.2. The van der Waals surface area contributed by atoms with Crippen molar-refractivity contribution in [1.29, 1.82) is 0 Å². The Bertz CT molecular complexity index is 778. The highest BCUT2D eigenvalue weighted by molar-refractivity contribution is 5.99. The number of aryl methyl sites for hydroxylation is 4. The first kappa shape index (κ1) is 17.2. The van der Waals surface area contributed by atoms with Crippen molar-refractivity contribution in [3.8, 4) is 0 Å². The van der Waals surface area contributed by atoms with Gasteiger partial charge in [-0.1, -0.05) is 0 Å². The molecular formula is C17H24N6O2. The van der Waals surface area contributed by atoms with Crippen LogP contribution >= 0.6 is 0 Å². The minimum Gasteiger partial charge on any atom is -0.344 e. The van der Waals surface area contributed by atoms with Gasteiger partial charge >= 0.3 is 0 Å². The van der Waals surface area contributed by atoms with Gasteiger partial charge in [0.25, 0.3) is 5.91 Å². The number of amides is 2. The van der Waals surface area contributed by atoms with E-state index in [4.69, 9.17) is 0 Å². The second-order valence-electron chi connectivity index (χ2n) is 6.55. The van der Waals surface area contributed by atoms with E-state index in [1.165, 1.54) is 0 Å². The lowest BCUT2D eigenvalue weighted by molar-refractivity contribution is -0.128. The summed E-state index contributed by atoms with van der Waals surface area (Å²) in [5, 5.41) is 11.3. The van der Waals surface area contributed by atoms with E-state index in [-0.39, 0.29) is 11.8 Å². The Morgan fingerprint density at radius 1 is 1.40 bits per heavy atom. The van der Waals surface area contributed by atoms with Gasteiger partial charge in [-0.3, -0.25) is 23.9 Å². The minimum absolute atomic E-state index is 0.0717. The lowest BCUT2D eigenvalue weighted by Gasteiger charge is -2.32. The molecule has 0 aliphatic carbocycles. The minimum atomic E-state index is -0.476. The number of hydrogen-bond donors (Lipinski definition) is 1. The van der Waals surface area contributed by atoms with E-state index in [1.807, 2.05) is 33.2 Å². The molecule has 8 nitrogen and oxygen atoms in total. The summed E-state index contributed by atoms with van der Waals surface area (Å²) in [7, 11) is 1.82. The first-order chi connectivity index (χ1) is 11.9. The summed E-state index contributed by atoms with van der Waals surface area (Å²) in [6, 6.07) is 1.41. The highest BCUT2D eigenvalue weighted by Crippen LogP contribution is 2.21. The fourth-order valence-electron chi connectivity index (χ4n) is 3.16. The molecule has 0 radical (unpaired) electrons. The molecule has 1 aliphatic heterocycles. The molecule has 0 spiro atoms. The third-order valence-corrected chi connectivity index (χ3v) is 4.36. The fourth-order valence-corrected chi connectivity index (χ4v) is 3.16. The second-order valence-corrected chi connectivity index (χ2v) is 6.55. The molecule has 0 bridgehead atoms. The zero-order valence-electron chi connectivity index (χ0n) is 14.9. The average molecular weight is 344 g/mol. The molecule has 1 aliphatic rings. The molecule has 8 heteroatoms. The van der Waals surface area contributed by atoms with Gasteiger partial charge in [0.1, 0.15) is 11.9 Å². The molecule has 0 aromatic carbocycles. The lowest BCUT2D eigenvalue weighted by atomic mass is 10.0. The summed E-state index contributed by atoms with van der Waals surface area (Å²) in [6.45, 7) is 5.01. The largest absolute Gasteiger partial charge is 0.344 e. The Labute approximate surface area is 146 Å². The molecule has 2 aromatic heterocycles. The molecule has 2 amide bonds. The average Bonchev–Trinajstić information content (AvgIpc) is 3.12. The van der Waals surface area contributed by atoms with Gasteiger partial charge in [-0.25, -0.2) is 0 Å². The van der Waals surface area contributed by atoms with Gasteiger partial charge in [0, 0.05) is 38.8 Å². The number of nitrogens with one attached hydrogen (secondary N) is 1. The maximum absolute atomic E-state index is 12.8. The molecule has 1 atom stereocenters. The van der Waals surface area contributed by atoms with E-state index < -0.39 is 6.04 Å².